The molecule has 1 aromatic heterocycles. The average Bonchev–Trinajstić information content (AvgIpc) is 2.51. The first-order valence-electron chi connectivity index (χ1n) is 7.24. The number of rotatable bonds is 4. The Morgan fingerprint density at radius 3 is 2.71 bits per heavy atom. The van der Waals surface area contributed by atoms with Gasteiger partial charge in [0.1, 0.15) is 5.82 Å². The minimum Gasteiger partial charge on any atom is -0.309 e. The van der Waals surface area contributed by atoms with E-state index in [2.05, 4.69) is 9.97 Å². The number of H-pyrrole nitrogens is 1. The van der Waals surface area contributed by atoms with Crippen LogP contribution in [0.3, 0.4) is 0 Å². The molecular weight excluding hydrogens is 369 g/mol. The van der Waals surface area contributed by atoms with Crippen LogP contribution < -0.4 is 5.56 Å². The molecule has 0 unspecified atom stereocenters. The summed E-state index contributed by atoms with van der Waals surface area (Å²) in [4.78, 5) is 21.4. The smallest absolute Gasteiger partial charge is 0.258 e. The van der Waals surface area contributed by atoms with Crippen molar-refractivity contribution in [2.24, 2.45) is 0 Å². The van der Waals surface area contributed by atoms with Crippen molar-refractivity contribution in [3.05, 3.63) is 73.2 Å². The molecule has 0 spiro atoms. The highest BCUT2D eigenvalue weighted by atomic mass is 35.5. The maximum atomic E-state index is 12.2. The molecule has 124 valence electrons. The SMILES string of the molecule is CN(Cc1nc2cc(Cl)ccc2c(=O)[nH]1)Cc1cccc(Cl)c1Cl. The number of benzene rings is 2. The molecule has 0 radical (unpaired) electrons. The molecule has 0 aliphatic heterocycles. The van der Waals surface area contributed by atoms with Gasteiger partial charge in [-0.15, -0.1) is 0 Å². The number of fused-ring (bicyclic) bond motifs is 1. The van der Waals surface area contributed by atoms with Crippen LogP contribution in [0.4, 0.5) is 0 Å². The second kappa shape index (κ2) is 7.11. The Balaban J connectivity index is 1.84. The van der Waals surface area contributed by atoms with Crippen LogP contribution in [0.15, 0.2) is 41.2 Å². The summed E-state index contributed by atoms with van der Waals surface area (Å²) in [6.45, 7) is 1.04. The molecule has 0 aliphatic rings. The van der Waals surface area contributed by atoms with Gasteiger partial charge in [-0.1, -0.05) is 46.9 Å². The molecule has 4 nitrogen and oxygen atoms in total. The summed E-state index contributed by atoms with van der Waals surface area (Å²) in [5, 5.41) is 2.13. The van der Waals surface area contributed by atoms with Crippen LogP contribution in [0, 0.1) is 0 Å². The van der Waals surface area contributed by atoms with E-state index in [-0.39, 0.29) is 5.56 Å². The summed E-state index contributed by atoms with van der Waals surface area (Å²) in [7, 11) is 1.92. The topological polar surface area (TPSA) is 49.0 Å². The summed E-state index contributed by atoms with van der Waals surface area (Å²) in [6, 6.07) is 10.6. The molecule has 3 rings (SSSR count). The lowest BCUT2D eigenvalue weighted by Gasteiger charge is -2.17. The fourth-order valence-corrected chi connectivity index (χ4v) is 3.06. The van der Waals surface area contributed by atoms with Gasteiger partial charge in [0.05, 0.1) is 27.5 Å². The molecule has 1 N–H and O–H groups in total. The van der Waals surface area contributed by atoms with Crippen molar-refractivity contribution < 1.29 is 0 Å². The average molecular weight is 383 g/mol. The monoisotopic (exact) mass is 381 g/mol. The van der Waals surface area contributed by atoms with Gasteiger partial charge in [0, 0.05) is 11.6 Å². The van der Waals surface area contributed by atoms with E-state index >= 15 is 0 Å². The van der Waals surface area contributed by atoms with E-state index in [1.807, 2.05) is 24.1 Å². The Hall–Kier alpha value is -1.59. The van der Waals surface area contributed by atoms with E-state index in [1.54, 1.807) is 24.3 Å². The number of nitrogens with one attached hydrogen (secondary N) is 1. The van der Waals surface area contributed by atoms with Gasteiger partial charge in [-0.3, -0.25) is 9.69 Å². The minimum absolute atomic E-state index is 0.180. The summed E-state index contributed by atoms with van der Waals surface area (Å²) < 4.78 is 0. The van der Waals surface area contributed by atoms with Crippen LogP contribution in [-0.2, 0) is 13.1 Å². The Labute approximate surface area is 154 Å². The second-order valence-electron chi connectivity index (χ2n) is 5.56. The zero-order valence-electron chi connectivity index (χ0n) is 12.8. The Morgan fingerprint density at radius 2 is 1.92 bits per heavy atom. The molecule has 0 aliphatic carbocycles. The molecule has 24 heavy (non-hydrogen) atoms. The van der Waals surface area contributed by atoms with Gasteiger partial charge in [-0.25, -0.2) is 4.98 Å². The molecule has 0 fully saturated rings. The number of aromatic nitrogens is 2. The third-order valence-electron chi connectivity index (χ3n) is 3.61. The van der Waals surface area contributed by atoms with Crippen LogP contribution in [0.1, 0.15) is 11.4 Å². The quantitative estimate of drug-likeness (QED) is 0.722. The molecular formula is C17H14Cl3N3O. The molecule has 7 heteroatoms. The first-order valence-corrected chi connectivity index (χ1v) is 8.37. The fraction of sp³-hybridized carbons (Fsp3) is 0.176. The third-order valence-corrected chi connectivity index (χ3v) is 4.70. The van der Waals surface area contributed by atoms with Crippen molar-refractivity contribution in [2.75, 3.05) is 7.05 Å². The molecule has 0 bridgehead atoms. The maximum Gasteiger partial charge on any atom is 0.258 e. The van der Waals surface area contributed by atoms with Crippen LogP contribution in [-0.4, -0.2) is 21.9 Å². The molecule has 0 atom stereocenters. The van der Waals surface area contributed by atoms with Gasteiger partial charge in [0.2, 0.25) is 0 Å². The van der Waals surface area contributed by atoms with Crippen molar-refractivity contribution in [3.63, 3.8) is 0 Å². The summed E-state index contributed by atoms with van der Waals surface area (Å²) >= 11 is 18.2. The van der Waals surface area contributed by atoms with Crippen LogP contribution >= 0.6 is 34.8 Å². The van der Waals surface area contributed by atoms with Gasteiger partial charge < -0.3 is 4.98 Å². The van der Waals surface area contributed by atoms with Crippen molar-refractivity contribution in [1.29, 1.82) is 0 Å². The van der Waals surface area contributed by atoms with E-state index < -0.39 is 0 Å². The summed E-state index contributed by atoms with van der Waals surface area (Å²) in [6.07, 6.45) is 0. The number of aromatic amines is 1. The van der Waals surface area contributed by atoms with Crippen molar-refractivity contribution in [2.45, 2.75) is 13.1 Å². The molecule has 0 saturated heterocycles. The number of nitrogens with zero attached hydrogens (tertiary/aromatic N) is 2. The van der Waals surface area contributed by atoms with Crippen molar-refractivity contribution in [1.82, 2.24) is 14.9 Å². The molecule has 1 heterocycles. The van der Waals surface area contributed by atoms with Gasteiger partial charge in [0.15, 0.2) is 0 Å². The number of hydrogen-bond donors (Lipinski definition) is 1. The Kier molecular flexibility index (Phi) is 5.11. The lowest BCUT2D eigenvalue weighted by molar-refractivity contribution is 0.311. The first kappa shape index (κ1) is 17.2. The lowest BCUT2D eigenvalue weighted by Crippen LogP contribution is -2.22. The zero-order chi connectivity index (χ0) is 17.3. The van der Waals surface area contributed by atoms with Crippen LogP contribution in [0.5, 0.6) is 0 Å². The predicted molar refractivity (Wildman–Crippen MR) is 99.0 cm³/mol. The highest BCUT2D eigenvalue weighted by molar-refractivity contribution is 6.42. The predicted octanol–water partition coefficient (Wildman–Crippen LogP) is 4.52. The van der Waals surface area contributed by atoms with E-state index in [1.165, 1.54) is 0 Å². The number of halogens is 3. The molecule has 2 aromatic carbocycles. The highest BCUT2D eigenvalue weighted by Gasteiger charge is 2.10. The Morgan fingerprint density at radius 1 is 1.12 bits per heavy atom. The lowest BCUT2D eigenvalue weighted by atomic mass is 10.2. The largest absolute Gasteiger partial charge is 0.309 e. The minimum atomic E-state index is -0.180. The summed E-state index contributed by atoms with van der Waals surface area (Å²) in [5.41, 5.74) is 1.31. The zero-order valence-corrected chi connectivity index (χ0v) is 15.1. The van der Waals surface area contributed by atoms with E-state index in [4.69, 9.17) is 34.8 Å². The molecule has 0 saturated carbocycles. The van der Waals surface area contributed by atoms with Crippen molar-refractivity contribution in [3.8, 4) is 0 Å². The van der Waals surface area contributed by atoms with Gasteiger partial charge in [-0.2, -0.15) is 0 Å². The van der Waals surface area contributed by atoms with Gasteiger partial charge in [-0.05, 0) is 36.9 Å². The van der Waals surface area contributed by atoms with Gasteiger partial charge >= 0.3 is 0 Å². The highest BCUT2D eigenvalue weighted by Crippen LogP contribution is 2.26. The van der Waals surface area contributed by atoms with Crippen LogP contribution in [0.25, 0.3) is 10.9 Å². The first-order chi connectivity index (χ1) is 11.4. The van der Waals surface area contributed by atoms with Crippen LogP contribution in [0.2, 0.25) is 15.1 Å². The maximum absolute atomic E-state index is 12.2. The fourth-order valence-electron chi connectivity index (χ4n) is 2.51. The normalized spacial score (nSPS) is 11.4. The van der Waals surface area contributed by atoms with E-state index in [0.717, 1.165) is 5.56 Å². The summed E-state index contributed by atoms with van der Waals surface area (Å²) in [5.74, 6) is 0.565. The van der Waals surface area contributed by atoms with Crippen molar-refractivity contribution >= 4 is 45.7 Å². The van der Waals surface area contributed by atoms with E-state index in [9.17, 15) is 4.79 Å². The Bertz CT molecular complexity index is 955. The standard InChI is InChI=1S/C17H14Cl3N3O/c1-23(8-10-3-2-4-13(19)16(10)20)9-15-21-14-7-11(18)5-6-12(14)17(24)22-15/h2-7H,8-9H2,1H3,(H,21,22,24). The molecule has 0 amide bonds. The second-order valence-corrected chi connectivity index (χ2v) is 6.78. The molecule has 3 aromatic rings. The van der Waals surface area contributed by atoms with E-state index in [0.29, 0.717) is 44.9 Å². The third kappa shape index (κ3) is 3.73. The van der Waals surface area contributed by atoms with Gasteiger partial charge in [0.25, 0.3) is 5.56 Å². The number of hydrogen-bond acceptors (Lipinski definition) is 3.